The first-order valence-corrected chi connectivity index (χ1v) is 9.42. The smallest absolute Gasteiger partial charge is 0.129 e. The van der Waals surface area contributed by atoms with Gasteiger partial charge in [0.15, 0.2) is 0 Å². The molecule has 0 aromatic heterocycles. The van der Waals surface area contributed by atoms with Gasteiger partial charge < -0.3 is 10.4 Å². The normalized spacial score (nSPS) is 20.1. The van der Waals surface area contributed by atoms with Crippen LogP contribution in [0.5, 0.6) is 5.75 Å². The van der Waals surface area contributed by atoms with E-state index in [-0.39, 0.29) is 11.7 Å². The van der Waals surface area contributed by atoms with E-state index in [0.29, 0.717) is 18.4 Å². The van der Waals surface area contributed by atoms with Gasteiger partial charge in [0.1, 0.15) is 11.9 Å². The van der Waals surface area contributed by atoms with Gasteiger partial charge in [0, 0.05) is 24.9 Å². The molecule has 0 fully saturated rings. The fourth-order valence-corrected chi connectivity index (χ4v) is 3.67. The van der Waals surface area contributed by atoms with Gasteiger partial charge in [-0.05, 0) is 52.8 Å². The van der Waals surface area contributed by atoms with Crippen LogP contribution >= 0.6 is 0 Å². The van der Waals surface area contributed by atoms with Gasteiger partial charge in [0.2, 0.25) is 0 Å². The summed E-state index contributed by atoms with van der Waals surface area (Å²) in [5.41, 5.74) is 5.64. The predicted octanol–water partition coefficient (Wildman–Crippen LogP) is 5.22. The predicted molar refractivity (Wildman–Crippen MR) is 107 cm³/mol. The molecule has 1 atom stereocenters. The van der Waals surface area contributed by atoms with Crippen LogP contribution in [0, 0.1) is 0 Å². The summed E-state index contributed by atoms with van der Waals surface area (Å²) in [5.74, 6) is 0.472. The van der Waals surface area contributed by atoms with Crippen LogP contribution in [0.25, 0.3) is 5.57 Å². The van der Waals surface area contributed by atoms with Crippen molar-refractivity contribution in [3.63, 3.8) is 0 Å². The van der Waals surface area contributed by atoms with E-state index < -0.39 is 6.17 Å². The Morgan fingerprint density at radius 3 is 2.85 bits per heavy atom. The van der Waals surface area contributed by atoms with Crippen molar-refractivity contribution >= 4 is 5.57 Å². The topological polar surface area (TPSA) is 32.3 Å². The molecule has 0 bridgehead atoms. The number of alkyl halides is 1. The molecule has 2 nitrogen and oxygen atoms in total. The highest BCUT2D eigenvalue weighted by atomic mass is 19.1. The molecule has 1 aromatic rings. The number of hydrogen-bond donors (Lipinski definition) is 2. The zero-order valence-electron chi connectivity index (χ0n) is 15.7. The third-order valence-corrected chi connectivity index (χ3v) is 5.18. The molecule has 2 aliphatic rings. The molecule has 0 saturated carbocycles. The maximum atomic E-state index is 14.3. The first-order valence-electron chi connectivity index (χ1n) is 9.42. The first-order chi connectivity index (χ1) is 12.5. The Kier molecular flexibility index (Phi) is 5.77. The first kappa shape index (κ1) is 18.7. The van der Waals surface area contributed by atoms with Crippen molar-refractivity contribution in [3.8, 4) is 5.75 Å². The number of aromatic hydroxyl groups is 1. The van der Waals surface area contributed by atoms with Crippen molar-refractivity contribution in [2.75, 3.05) is 13.1 Å². The maximum Gasteiger partial charge on any atom is 0.129 e. The van der Waals surface area contributed by atoms with E-state index in [0.717, 1.165) is 41.8 Å². The Morgan fingerprint density at radius 2 is 2.19 bits per heavy atom. The lowest BCUT2D eigenvalue weighted by atomic mass is 9.86. The number of phenols is 1. The van der Waals surface area contributed by atoms with E-state index in [9.17, 15) is 9.50 Å². The second-order valence-corrected chi connectivity index (χ2v) is 7.45. The summed E-state index contributed by atoms with van der Waals surface area (Å²) in [7, 11) is 0. The van der Waals surface area contributed by atoms with E-state index in [2.05, 4.69) is 31.8 Å². The van der Waals surface area contributed by atoms with Gasteiger partial charge in [-0.3, -0.25) is 0 Å². The van der Waals surface area contributed by atoms with Crippen molar-refractivity contribution in [1.82, 2.24) is 5.32 Å². The van der Waals surface area contributed by atoms with E-state index >= 15 is 0 Å². The summed E-state index contributed by atoms with van der Waals surface area (Å²) in [4.78, 5) is 0. The zero-order valence-corrected chi connectivity index (χ0v) is 15.7. The number of allylic oxidation sites excluding steroid dienone is 4. The summed E-state index contributed by atoms with van der Waals surface area (Å²) in [6, 6.07) is 3.75. The molecule has 0 spiro atoms. The van der Waals surface area contributed by atoms with Crippen LogP contribution in [0.15, 0.2) is 54.2 Å². The molecular weight excluding hydrogens is 325 g/mol. The fourth-order valence-electron chi connectivity index (χ4n) is 3.67. The van der Waals surface area contributed by atoms with Crippen molar-refractivity contribution in [2.45, 2.75) is 45.2 Å². The average molecular weight is 353 g/mol. The third kappa shape index (κ3) is 3.99. The van der Waals surface area contributed by atoms with Crippen LogP contribution < -0.4 is 5.32 Å². The van der Waals surface area contributed by atoms with Gasteiger partial charge in [-0.1, -0.05) is 50.8 Å². The molecule has 1 aliphatic heterocycles. The number of hydrogen-bond acceptors (Lipinski definition) is 2. The van der Waals surface area contributed by atoms with Crippen LogP contribution in [0.3, 0.4) is 0 Å². The van der Waals surface area contributed by atoms with E-state index in [1.54, 1.807) is 6.07 Å². The molecule has 0 amide bonds. The molecular formula is C23H28FNO. The van der Waals surface area contributed by atoms with E-state index in [4.69, 9.17) is 0 Å². The van der Waals surface area contributed by atoms with Crippen LogP contribution in [0.4, 0.5) is 4.39 Å². The minimum Gasteiger partial charge on any atom is -0.508 e. The Labute approximate surface area is 155 Å². The number of benzene rings is 1. The highest BCUT2D eigenvalue weighted by molar-refractivity contribution is 5.74. The van der Waals surface area contributed by atoms with Gasteiger partial charge in [-0.25, -0.2) is 4.39 Å². The van der Waals surface area contributed by atoms with Crippen LogP contribution in [0.1, 0.15) is 49.3 Å². The van der Waals surface area contributed by atoms with Gasteiger partial charge in [-0.2, -0.15) is 0 Å². The molecule has 1 unspecified atom stereocenters. The van der Waals surface area contributed by atoms with Crippen molar-refractivity contribution in [3.05, 3.63) is 70.9 Å². The van der Waals surface area contributed by atoms with Crippen molar-refractivity contribution in [2.24, 2.45) is 0 Å². The highest BCUT2D eigenvalue weighted by Gasteiger charge is 2.21. The third-order valence-electron chi connectivity index (χ3n) is 5.18. The summed E-state index contributed by atoms with van der Waals surface area (Å²) in [5, 5.41) is 14.1. The van der Waals surface area contributed by atoms with Crippen molar-refractivity contribution in [1.29, 1.82) is 0 Å². The Hall–Kier alpha value is -2.13. The number of rotatable bonds is 5. The second-order valence-electron chi connectivity index (χ2n) is 7.45. The minimum atomic E-state index is -1.02. The highest BCUT2D eigenvalue weighted by Crippen LogP contribution is 2.36. The molecule has 26 heavy (non-hydrogen) atoms. The summed E-state index contributed by atoms with van der Waals surface area (Å²) in [6.07, 6.45) is 8.76. The molecule has 1 aromatic carbocycles. The summed E-state index contributed by atoms with van der Waals surface area (Å²) < 4.78 is 14.3. The van der Waals surface area contributed by atoms with E-state index in [1.165, 1.54) is 5.57 Å². The molecule has 1 aliphatic carbocycles. The van der Waals surface area contributed by atoms with Gasteiger partial charge in [0.05, 0.1) is 0 Å². The Bertz CT molecular complexity index is 786. The quantitative estimate of drug-likeness (QED) is 0.761. The average Bonchev–Trinajstić information content (AvgIpc) is 2.64. The lowest BCUT2D eigenvalue weighted by molar-refractivity contribution is 0.413. The monoisotopic (exact) mass is 353 g/mol. The van der Waals surface area contributed by atoms with Gasteiger partial charge >= 0.3 is 0 Å². The molecule has 0 radical (unpaired) electrons. The molecule has 0 saturated heterocycles. The van der Waals surface area contributed by atoms with Crippen molar-refractivity contribution < 1.29 is 9.50 Å². The Balaban J connectivity index is 1.95. The minimum absolute atomic E-state index is 0.236. The van der Waals surface area contributed by atoms with Gasteiger partial charge in [0.25, 0.3) is 0 Å². The summed E-state index contributed by atoms with van der Waals surface area (Å²) >= 11 is 0. The number of halogens is 1. The lowest BCUT2D eigenvalue weighted by Gasteiger charge is -2.22. The summed E-state index contributed by atoms with van der Waals surface area (Å²) in [6.45, 7) is 10.3. The van der Waals surface area contributed by atoms with E-state index in [1.807, 2.05) is 24.3 Å². The zero-order chi connectivity index (χ0) is 18.7. The Morgan fingerprint density at radius 1 is 1.38 bits per heavy atom. The molecule has 3 rings (SSSR count). The number of phenolic OH excluding ortho intramolecular Hbond substituents is 1. The van der Waals surface area contributed by atoms with Crippen LogP contribution in [-0.2, 0) is 6.42 Å². The number of nitrogens with one attached hydrogen (secondary N) is 1. The SMILES string of the molecule is C=C(Cc1c(O)cc(C2=CC=CCC2F)cc1C(C)C)C1=CCCNC1. The largest absolute Gasteiger partial charge is 0.508 e. The fraction of sp³-hybridized carbons (Fsp3) is 0.391. The molecule has 3 heteroatoms. The standard InChI is InChI=1S/C23H28FNO/c1-15(2)20-12-18(19-8-4-5-9-22(19)24)13-23(26)21(20)11-16(3)17-7-6-10-25-14-17/h4-5,7-8,12-13,15,22,25-26H,3,6,9-11,14H2,1-2H3. The molecule has 2 N–H and O–H groups in total. The van der Waals surface area contributed by atoms with Gasteiger partial charge in [-0.15, -0.1) is 0 Å². The molecule has 1 heterocycles. The molecule has 138 valence electrons. The lowest BCUT2D eigenvalue weighted by Crippen LogP contribution is -2.23. The van der Waals surface area contributed by atoms with Crippen LogP contribution in [-0.4, -0.2) is 24.4 Å². The van der Waals surface area contributed by atoms with Crippen LogP contribution in [0.2, 0.25) is 0 Å². The second kappa shape index (κ2) is 8.05. The maximum absolute atomic E-state index is 14.3.